The lowest BCUT2D eigenvalue weighted by Crippen LogP contribution is -2.30. The molecule has 3 aromatic rings. The number of carbonyl (C=O) groups excluding carboxylic acids is 1. The van der Waals surface area contributed by atoms with Crippen molar-refractivity contribution in [2.75, 3.05) is 23.3 Å². The fourth-order valence-electron chi connectivity index (χ4n) is 3.65. The first-order valence-electron chi connectivity index (χ1n) is 9.06. The number of nitrogens with one attached hydrogen (secondary N) is 1. The summed E-state index contributed by atoms with van der Waals surface area (Å²) in [5, 5.41) is 5.14. The molecule has 0 saturated carbocycles. The number of carbonyl (C=O) groups is 1. The van der Waals surface area contributed by atoms with Crippen LogP contribution in [-0.2, 0) is 0 Å². The second-order valence-corrected chi connectivity index (χ2v) is 7.51. The van der Waals surface area contributed by atoms with Gasteiger partial charge in [-0.15, -0.1) is 0 Å². The highest BCUT2D eigenvalue weighted by atomic mass is 79.9. The zero-order valence-electron chi connectivity index (χ0n) is 14.5. The van der Waals surface area contributed by atoms with Gasteiger partial charge in [0.25, 0.3) is 5.91 Å². The van der Waals surface area contributed by atoms with Crippen molar-refractivity contribution in [3.05, 3.63) is 70.7 Å². The molecule has 26 heavy (non-hydrogen) atoms. The smallest absolute Gasteiger partial charge is 0.256 e. The molecule has 3 aromatic carbocycles. The highest BCUT2D eigenvalue weighted by Crippen LogP contribution is 2.30. The zero-order valence-corrected chi connectivity index (χ0v) is 16.1. The maximum absolute atomic E-state index is 13.0. The summed E-state index contributed by atoms with van der Waals surface area (Å²) < 4.78 is 0.998. The number of halogens is 1. The molecule has 1 N–H and O–H groups in total. The number of amides is 1. The largest absolute Gasteiger partial charge is 0.370 e. The van der Waals surface area contributed by atoms with E-state index in [0.29, 0.717) is 5.56 Å². The summed E-state index contributed by atoms with van der Waals surface area (Å²) >= 11 is 3.57. The average molecular weight is 409 g/mol. The molecule has 1 aliphatic rings. The third-order valence-corrected chi connectivity index (χ3v) is 5.65. The predicted molar refractivity (Wildman–Crippen MR) is 112 cm³/mol. The van der Waals surface area contributed by atoms with E-state index in [9.17, 15) is 4.79 Å². The quantitative estimate of drug-likeness (QED) is 0.589. The van der Waals surface area contributed by atoms with Gasteiger partial charge in [-0.1, -0.05) is 52.3 Å². The summed E-state index contributed by atoms with van der Waals surface area (Å²) in [6.45, 7) is 2.10. The molecule has 0 spiro atoms. The summed E-state index contributed by atoms with van der Waals surface area (Å²) in [4.78, 5) is 15.4. The van der Waals surface area contributed by atoms with E-state index in [0.717, 1.165) is 39.7 Å². The summed E-state index contributed by atoms with van der Waals surface area (Å²) in [7, 11) is 0. The van der Waals surface area contributed by atoms with Crippen molar-refractivity contribution in [3.63, 3.8) is 0 Å². The monoisotopic (exact) mass is 408 g/mol. The molecule has 1 saturated heterocycles. The van der Waals surface area contributed by atoms with Crippen LogP contribution in [-0.4, -0.2) is 19.0 Å². The number of piperidine rings is 1. The standard InChI is InChI=1S/C22H21BrN2O/c23-19-11-7-8-16-17(19)9-6-10-18(16)22(26)24-20-12-2-3-13-21(20)25-14-4-1-5-15-25/h2-3,6-13H,1,4-5,14-15H2,(H,24,26). The molecule has 3 nitrogen and oxygen atoms in total. The Morgan fingerprint density at radius 1 is 0.846 bits per heavy atom. The Balaban J connectivity index is 1.67. The zero-order chi connectivity index (χ0) is 17.9. The number of benzene rings is 3. The van der Waals surface area contributed by atoms with E-state index in [1.807, 2.05) is 54.6 Å². The molecular formula is C22H21BrN2O. The van der Waals surface area contributed by atoms with E-state index >= 15 is 0 Å². The predicted octanol–water partition coefficient (Wildman–Crippen LogP) is 5.84. The van der Waals surface area contributed by atoms with Crippen LogP contribution in [0.4, 0.5) is 11.4 Å². The van der Waals surface area contributed by atoms with Gasteiger partial charge in [-0.25, -0.2) is 0 Å². The van der Waals surface area contributed by atoms with Crippen molar-refractivity contribution in [1.29, 1.82) is 0 Å². The van der Waals surface area contributed by atoms with Gasteiger partial charge in [0.2, 0.25) is 0 Å². The summed E-state index contributed by atoms with van der Waals surface area (Å²) in [6, 6.07) is 19.9. The normalized spacial score (nSPS) is 14.4. The van der Waals surface area contributed by atoms with E-state index < -0.39 is 0 Å². The molecule has 4 rings (SSSR count). The lowest BCUT2D eigenvalue weighted by atomic mass is 10.0. The molecule has 0 atom stereocenters. The van der Waals surface area contributed by atoms with Crippen LogP contribution in [0.3, 0.4) is 0 Å². The second-order valence-electron chi connectivity index (χ2n) is 6.66. The number of anilines is 2. The maximum atomic E-state index is 13.0. The van der Waals surface area contributed by atoms with Crippen LogP contribution in [0, 0.1) is 0 Å². The number of hydrogen-bond donors (Lipinski definition) is 1. The van der Waals surface area contributed by atoms with Gasteiger partial charge in [0.05, 0.1) is 11.4 Å². The fourth-order valence-corrected chi connectivity index (χ4v) is 4.15. The van der Waals surface area contributed by atoms with Crippen LogP contribution in [0.15, 0.2) is 65.1 Å². The van der Waals surface area contributed by atoms with Gasteiger partial charge in [0.15, 0.2) is 0 Å². The maximum Gasteiger partial charge on any atom is 0.256 e. The number of nitrogens with zero attached hydrogens (tertiary/aromatic N) is 1. The summed E-state index contributed by atoms with van der Waals surface area (Å²) in [6.07, 6.45) is 3.70. The average Bonchev–Trinajstić information content (AvgIpc) is 2.69. The number of rotatable bonds is 3. The molecule has 1 amide bonds. The lowest BCUT2D eigenvalue weighted by Gasteiger charge is -2.30. The first-order chi connectivity index (χ1) is 12.7. The van der Waals surface area contributed by atoms with Gasteiger partial charge in [-0.2, -0.15) is 0 Å². The Labute approximate surface area is 162 Å². The Hall–Kier alpha value is -2.33. The van der Waals surface area contributed by atoms with E-state index in [2.05, 4.69) is 32.2 Å². The van der Waals surface area contributed by atoms with Gasteiger partial charge in [-0.3, -0.25) is 4.79 Å². The van der Waals surface area contributed by atoms with E-state index in [1.165, 1.54) is 19.3 Å². The van der Waals surface area contributed by atoms with E-state index in [4.69, 9.17) is 0 Å². The molecule has 4 heteroatoms. The van der Waals surface area contributed by atoms with Crippen LogP contribution in [0.2, 0.25) is 0 Å². The van der Waals surface area contributed by atoms with Crippen LogP contribution in [0.1, 0.15) is 29.6 Å². The van der Waals surface area contributed by atoms with Gasteiger partial charge < -0.3 is 10.2 Å². The van der Waals surface area contributed by atoms with Crippen molar-refractivity contribution >= 4 is 44.0 Å². The lowest BCUT2D eigenvalue weighted by molar-refractivity contribution is 0.102. The molecule has 1 heterocycles. The summed E-state index contributed by atoms with van der Waals surface area (Å²) in [5.74, 6) is -0.0711. The van der Waals surface area contributed by atoms with E-state index in [-0.39, 0.29) is 5.91 Å². The molecular weight excluding hydrogens is 388 g/mol. The number of fused-ring (bicyclic) bond motifs is 1. The Morgan fingerprint density at radius 3 is 2.42 bits per heavy atom. The molecule has 0 unspecified atom stereocenters. The number of para-hydroxylation sites is 2. The van der Waals surface area contributed by atoms with Gasteiger partial charge in [0.1, 0.15) is 0 Å². The molecule has 1 fully saturated rings. The van der Waals surface area contributed by atoms with Crippen LogP contribution >= 0.6 is 15.9 Å². The van der Waals surface area contributed by atoms with Crippen molar-refractivity contribution in [2.24, 2.45) is 0 Å². The third kappa shape index (κ3) is 3.34. The van der Waals surface area contributed by atoms with Crippen molar-refractivity contribution in [3.8, 4) is 0 Å². The minimum atomic E-state index is -0.0711. The first-order valence-corrected chi connectivity index (χ1v) is 9.86. The van der Waals surface area contributed by atoms with Crippen LogP contribution in [0.25, 0.3) is 10.8 Å². The topological polar surface area (TPSA) is 32.3 Å². The van der Waals surface area contributed by atoms with E-state index in [1.54, 1.807) is 0 Å². The Morgan fingerprint density at radius 2 is 1.58 bits per heavy atom. The Bertz CT molecular complexity index is 948. The van der Waals surface area contributed by atoms with Crippen molar-refractivity contribution in [2.45, 2.75) is 19.3 Å². The Kier molecular flexibility index (Phi) is 4.93. The van der Waals surface area contributed by atoms with Crippen molar-refractivity contribution in [1.82, 2.24) is 0 Å². The molecule has 1 aliphatic heterocycles. The molecule has 132 valence electrons. The molecule has 0 bridgehead atoms. The number of hydrogen-bond acceptors (Lipinski definition) is 2. The molecule has 0 aliphatic carbocycles. The summed E-state index contributed by atoms with van der Waals surface area (Å²) in [5.41, 5.74) is 2.69. The fraction of sp³-hybridized carbons (Fsp3) is 0.227. The minimum Gasteiger partial charge on any atom is -0.370 e. The van der Waals surface area contributed by atoms with Gasteiger partial charge >= 0.3 is 0 Å². The van der Waals surface area contributed by atoms with Gasteiger partial charge in [0, 0.05) is 23.1 Å². The first kappa shape index (κ1) is 17.1. The molecule has 0 radical (unpaired) electrons. The highest BCUT2D eigenvalue weighted by Gasteiger charge is 2.17. The van der Waals surface area contributed by atoms with Crippen molar-refractivity contribution < 1.29 is 4.79 Å². The molecule has 0 aromatic heterocycles. The van der Waals surface area contributed by atoms with Gasteiger partial charge in [-0.05, 0) is 54.3 Å². The third-order valence-electron chi connectivity index (χ3n) is 4.96. The minimum absolute atomic E-state index is 0.0711. The second kappa shape index (κ2) is 7.50. The SMILES string of the molecule is O=C(Nc1ccccc1N1CCCCC1)c1cccc2c(Br)cccc12. The van der Waals surface area contributed by atoms with Crippen LogP contribution in [0.5, 0.6) is 0 Å². The highest BCUT2D eigenvalue weighted by molar-refractivity contribution is 9.10. The van der Waals surface area contributed by atoms with Crippen LogP contribution < -0.4 is 10.2 Å².